The Morgan fingerprint density at radius 3 is 2.17 bits per heavy atom. The van der Waals surface area contributed by atoms with E-state index in [9.17, 15) is 27.2 Å². The molecule has 186 valence electrons. The summed E-state index contributed by atoms with van der Waals surface area (Å²) in [4.78, 5) is 15.2. The van der Waals surface area contributed by atoms with Crippen LogP contribution in [0.3, 0.4) is 0 Å². The van der Waals surface area contributed by atoms with Gasteiger partial charge in [0.15, 0.2) is 0 Å². The van der Waals surface area contributed by atoms with Crippen molar-refractivity contribution in [3.8, 4) is 0 Å². The van der Waals surface area contributed by atoms with Crippen molar-refractivity contribution in [2.75, 3.05) is 0 Å². The zero-order chi connectivity index (χ0) is 25.1. The number of carbonyl (C=O) groups excluding carboxylic acids is 1. The molecule has 0 amide bonds. The normalized spacial score (nSPS) is 19.8. The number of carbonyl (C=O) groups is 1. The van der Waals surface area contributed by atoms with Gasteiger partial charge in [-0.05, 0) is 54.5 Å². The van der Waals surface area contributed by atoms with Crippen molar-refractivity contribution in [1.82, 2.24) is 0 Å². The number of hydrogen-bond donors (Lipinski definition) is 0. The number of rotatable bonds is 5. The Balaban J connectivity index is 1.87. The molecule has 0 saturated heterocycles. The van der Waals surface area contributed by atoms with Gasteiger partial charge < -0.3 is 5.53 Å². The Morgan fingerprint density at radius 2 is 1.51 bits per heavy atom. The predicted molar refractivity (Wildman–Crippen MR) is 132 cm³/mol. The summed E-state index contributed by atoms with van der Waals surface area (Å²) < 4.78 is 52.7. The van der Waals surface area contributed by atoms with E-state index in [4.69, 9.17) is 0 Å². The highest BCUT2D eigenvalue weighted by atomic mass is 32.3. The highest BCUT2D eigenvalue weighted by Gasteiger charge is 2.46. The summed E-state index contributed by atoms with van der Waals surface area (Å²) in [5, 5.41) is 0. The number of benzene rings is 2. The Morgan fingerprint density at radius 1 is 0.829 bits per heavy atom. The van der Waals surface area contributed by atoms with Gasteiger partial charge in [0.1, 0.15) is 5.78 Å². The van der Waals surface area contributed by atoms with Crippen molar-refractivity contribution in [2.45, 2.75) is 79.9 Å². The second-order valence-corrected chi connectivity index (χ2v) is 13.4. The number of sulfone groups is 2. The molecule has 9 heteroatoms. The van der Waals surface area contributed by atoms with Gasteiger partial charge in [0.05, 0.1) is 9.79 Å². The first-order valence-electron chi connectivity index (χ1n) is 12.2. The van der Waals surface area contributed by atoms with E-state index in [-0.39, 0.29) is 15.6 Å². The van der Waals surface area contributed by atoms with Crippen LogP contribution in [0, 0.1) is 5.92 Å². The fourth-order valence-corrected chi connectivity index (χ4v) is 9.09. The van der Waals surface area contributed by atoms with Crippen molar-refractivity contribution in [1.29, 1.82) is 0 Å². The van der Waals surface area contributed by atoms with E-state index in [1.165, 1.54) is 36.8 Å². The molecule has 2 saturated carbocycles. The third-order valence-electron chi connectivity index (χ3n) is 7.18. The van der Waals surface area contributed by atoms with Crippen LogP contribution in [0.4, 0.5) is 0 Å². The molecule has 4 rings (SSSR count). The Kier molecular flexibility index (Phi) is 7.69. The van der Waals surface area contributed by atoms with Gasteiger partial charge in [-0.3, -0.25) is 4.79 Å². The first-order valence-corrected chi connectivity index (χ1v) is 15.1. The lowest BCUT2D eigenvalue weighted by molar-refractivity contribution is -0.121. The minimum absolute atomic E-state index is 0.0304. The molecule has 2 aliphatic rings. The lowest BCUT2D eigenvalue weighted by atomic mass is 9.78. The van der Waals surface area contributed by atoms with E-state index >= 15 is 0 Å². The van der Waals surface area contributed by atoms with Crippen LogP contribution >= 0.6 is 0 Å². The van der Waals surface area contributed by atoms with Crippen LogP contribution in [0.5, 0.6) is 0 Å². The van der Waals surface area contributed by atoms with E-state index in [0.29, 0.717) is 30.7 Å². The van der Waals surface area contributed by atoms with E-state index < -0.39 is 30.0 Å². The second-order valence-electron chi connectivity index (χ2n) is 9.49. The van der Waals surface area contributed by atoms with Crippen LogP contribution in [-0.2, 0) is 30.9 Å². The van der Waals surface area contributed by atoms with Crippen molar-refractivity contribution in [2.24, 2.45) is 5.92 Å². The average molecular weight is 515 g/mol. The van der Waals surface area contributed by atoms with E-state index in [0.717, 1.165) is 44.1 Å². The highest BCUT2D eigenvalue weighted by molar-refractivity contribution is 8.31. The molecule has 7 nitrogen and oxygen atoms in total. The topological polar surface area (TPSA) is 122 Å². The van der Waals surface area contributed by atoms with Gasteiger partial charge >= 0.3 is 4.38 Å². The molecular formula is C26H30N2O5S2. The standard InChI is InChI=1S/C26H30N2O5S2/c27-28-26(34(30,31)21-13-5-2-6-14-21)35(32,33)24-17-9-12-20(18-19-10-3-1-4-11-19)25(24)22-15-7-8-16-23(22)29/h2,5-6,9,12-14,17,19,22H,1,3-4,7-8,10-11,15-16,18H2. The fourth-order valence-electron chi connectivity index (χ4n) is 5.43. The van der Waals surface area contributed by atoms with E-state index in [2.05, 4.69) is 4.79 Å². The molecule has 2 aromatic rings. The van der Waals surface area contributed by atoms with Gasteiger partial charge in [-0.25, -0.2) is 16.8 Å². The summed E-state index contributed by atoms with van der Waals surface area (Å²) in [6.45, 7) is 0. The van der Waals surface area contributed by atoms with Crippen LogP contribution in [0.1, 0.15) is 74.8 Å². The summed E-state index contributed by atoms with van der Waals surface area (Å²) in [5.74, 6) is -0.261. The van der Waals surface area contributed by atoms with Gasteiger partial charge in [-0.15, -0.1) is 4.79 Å². The maximum absolute atomic E-state index is 13.8. The molecule has 35 heavy (non-hydrogen) atoms. The third-order valence-corrected chi connectivity index (χ3v) is 11.4. The summed E-state index contributed by atoms with van der Waals surface area (Å²) >= 11 is 0. The van der Waals surface area contributed by atoms with Gasteiger partial charge in [0, 0.05) is 12.3 Å². The van der Waals surface area contributed by atoms with Crippen LogP contribution in [0.2, 0.25) is 0 Å². The van der Waals surface area contributed by atoms with Crippen LogP contribution in [0.25, 0.3) is 5.53 Å². The number of hydrogen-bond acceptors (Lipinski definition) is 5. The molecule has 2 fully saturated rings. The molecule has 0 N–H and O–H groups in total. The quantitative estimate of drug-likeness (QED) is 0.244. The Hall–Kier alpha value is -2.61. The van der Waals surface area contributed by atoms with Crippen LogP contribution < -0.4 is 0 Å². The largest absolute Gasteiger partial charge is 0.504 e. The number of ketones is 1. The molecule has 0 aromatic heterocycles. The van der Waals surface area contributed by atoms with Crippen molar-refractivity contribution < 1.29 is 26.4 Å². The molecule has 0 radical (unpaired) electrons. The minimum Gasteiger partial charge on any atom is -0.359 e. The monoisotopic (exact) mass is 514 g/mol. The molecule has 0 bridgehead atoms. The molecular weight excluding hydrogens is 484 g/mol. The molecule has 2 aliphatic carbocycles. The van der Waals surface area contributed by atoms with Gasteiger partial charge in [0.25, 0.3) is 19.7 Å². The lowest BCUT2D eigenvalue weighted by Gasteiger charge is -2.28. The number of Topliss-reactive ketones (excluding diaryl/α,β-unsaturated/α-hetero) is 1. The second kappa shape index (κ2) is 10.6. The first kappa shape index (κ1) is 25.5. The zero-order valence-corrected chi connectivity index (χ0v) is 21.2. The smallest absolute Gasteiger partial charge is 0.359 e. The lowest BCUT2D eigenvalue weighted by Crippen LogP contribution is -2.29. The zero-order valence-electron chi connectivity index (χ0n) is 19.6. The van der Waals surface area contributed by atoms with Crippen molar-refractivity contribution in [3.63, 3.8) is 0 Å². The number of nitrogens with zero attached hydrogens (tertiary/aromatic N) is 2. The first-order chi connectivity index (χ1) is 16.8. The third kappa shape index (κ3) is 5.17. The molecule has 2 aromatic carbocycles. The van der Waals surface area contributed by atoms with E-state index in [1.807, 2.05) is 6.07 Å². The average Bonchev–Trinajstić information content (AvgIpc) is 2.86. The fraction of sp³-hybridized carbons (Fsp3) is 0.462. The maximum Gasteiger partial charge on any atom is 0.504 e. The van der Waals surface area contributed by atoms with Crippen LogP contribution in [-0.4, -0.2) is 31.8 Å². The van der Waals surface area contributed by atoms with Crippen molar-refractivity contribution >= 4 is 29.8 Å². The van der Waals surface area contributed by atoms with Gasteiger partial charge in [0.2, 0.25) is 0 Å². The SMILES string of the molecule is [N-]=[N+]=C(S(=O)(=O)c1ccccc1)S(=O)(=O)c1cccc(CC2CCCCC2)c1C1CCCCC1=O. The maximum atomic E-state index is 13.8. The Labute approximate surface area is 207 Å². The molecule has 0 aliphatic heterocycles. The molecule has 1 atom stereocenters. The van der Waals surface area contributed by atoms with E-state index in [1.54, 1.807) is 12.1 Å². The van der Waals surface area contributed by atoms with Gasteiger partial charge in [-0.2, -0.15) is 0 Å². The molecule has 1 unspecified atom stereocenters. The highest BCUT2D eigenvalue weighted by Crippen LogP contribution is 2.39. The summed E-state index contributed by atoms with van der Waals surface area (Å²) in [7, 11) is -9.39. The summed E-state index contributed by atoms with van der Waals surface area (Å²) in [5.41, 5.74) is 10.8. The summed E-state index contributed by atoms with van der Waals surface area (Å²) in [6, 6.07) is 11.8. The summed E-state index contributed by atoms with van der Waals surface area (Å²) in [6.07, 6.45) is 8.58. The minimum atomic E-state index is -4.76. The Bertz CT molecular complexity index is 1360. The predicted octanol–water partition coefficient (Wildman–Crippen LogP) is 4.87. The molecule has 0 heterocycles. The molecule has 0 spiro atoms. The van der Waals surface area contributed by atoms with Crippen LogP contribution in [0.15, 0.2) is 58.3 Å². The van der Waals surface area contributed by atoms with Gasteiger partial charge in [-0.1, -0.05) is 68.9 Å². The van der Waals surface area contributed by atoms with Crippen molar-refractivity contribution in [3.05, 3.63) is 65.2 Å².